The van der Waals surface area contributed by atoms with Crippen LogP contribution in [0.1, 0.15) is 72.6 Å². The molecule has 4 aliphatic heterocycles. The van der Waals surface area contributed by atoms with Crippen LogP contribution in [0.15, 0.2) is 170 Å². The van der Waals surface area contributed by atoms with Gasteiger partial charge >= 0.3 is 0 Å². The molecule has 1 aliphatic carbocycles. The van der Waals surface area contributed by atoms with Gasteiger partial charge in [0.05, 0.1) is 11.4 Å². The Balaban J connectivity index is 1.08. The Labute approximate surface area is 341 Å². The zero-order valence-electron chi connectivity index (χ0n) is 33.2. The summed E-state index contributed by atoms with van der Waals surface area (Å²) in [5.41, 5.74) is 26.5. The molecule has 13 rings (SSSR count). The fraction of sp³-hybridized carbons (Fsp3) is 0.127. The van der Waals surface area contributed by atoms with E-state index in [4.69, 9.17) is 0 Å². The van der Waals surface area contributed by atoms with Crippen molar-refractivity contribution in [3.05, 3.63) is 209 Å². The standard InChI is InChI=1S/C55H41BN2/c1-54(2)40-19-9-11-25-46(40)57-48-31-35(33-27-29-34(30-28-33)50-38-17-7-5-15-36(38)37-16-6-8-18-39(37)50)32-49-51(48)56(44-23-13-21-42(54)52(44)57)45-24-14-22-43-53(45)58(49)47-26-12-10-20-41(47)55(43,3)4/h5-32,50H,1-4H3. The normalized spacial score (nSPS) is 16.4. The lowest BCUT2D eigenvalue weighted by Gasteiger charge is -2.52. The molecule has 274 valence electrons. The number of rotatable bonds is 2. The van der Waals surface area contributed by atoms with Crippen molar-refractivity contribution in [3.63, 3.8) is 0 Å². The number of anilines is 6. The van der Waals surface area contributed by atoms with Crippen molar-refractivity contribution < 1.29 is 0 Å². The predicted molar refractivity (Wildman–Crippen MR) is 243 cm³/mol. The molecule has 0 atom stereocenters. The molecule has 0 saturated heterocycles. The van der Waals surface area contributed by atoms with Crippen LogP contribution in [0.5, 0.6) is 0 Å². The van der Waals surface area contributed by atoms with E-state index >= 15 is 0 Å². The summed E-state index contributed by atoms with van der Waals surface area (Å²) in [6.07, 6.45) is 0. The Hall–Kier alpha value is -6.58. The summed E-state index contributed by atoms with van der Waals surface area (Å²) in [7, 11) is 0. The van der Waals surface area contributed by atoms with Gasteiger partial charge in [-0.1, -0.05) is 173 Å². The Bertz CT molecular complexity index is 2920. The lowest BCUT2D eigenvalue weighted by molar-refractivity contribution is 0.632. The molecule has 0 bridgehead atoms. The van der Waals surface area contributed by atoms with Crippen molar-refractivity contribution in [1.29, 1.82) is 0 Å². The fourth-order valence-corrected chi connectivity index (χ4v) is 11.8. The number of hydrogen-bond acceptors (Lipinski definition) is 2. The van der Waals surface area contributed by atoms with Crippen LogP contribution in [0.2, 0.25) is 0 Å². The molecule has 0 unspecified atom stereocenters. The molecule has 5 aliphatic rings. The van der Waals surface area contributed by atoms with Crippen LogP contribution in [0.25, 0.3) is 22.3 Å². The Kier molecular flexibility index (Phi) is 6.21. The van der Waals surface area contributed by atoms with Crippen LogP contribution >= 0.6 is 0 Å². The van der Waals surface area contributed by atoms with Gasteiger partial charge in [-0.2, -0.15) is 0 Å². The second-order valence-electron chi connectivity index (χ2n) is 18.0. The minimum absolute atomic E-state index is 0.100. The highest BCUT2D eigenvalue weighted by Crippen LogP contribution is 2.57. The SMILES string of the molecule is CC1(C)c2ccccc2N2c3cc(-c4ccc(C5c6ccccc6-c6ccccc65)cc4)cc4c3B(c3cccc1c32)c1cccc2c1N4c1ccccc1C2(C)C. The van der Waals surface area contributed by atoms with Crippen molar-refractivity contribution >= 4 is 57.2 Å². The molecule has 0 radical (unpaired) electrons. The molecular weight excluding hydrogens is 699 g/mol. The highest BCUT2D eigenvalue weighted by Gasteiger charge is 2.51. The van der Waals surface area contributed by atoms with Crippen molar-refractivity contribution in [1.82, 2.24) is 0 Å². The largest absolute Gasteiger partial charge is 0.311 e. The summed E-state index contributed by atoms with van der Waals surface area (Å²) in [6, 6.07) is 64.8. The third-order valence-electron chi connectivity index (χ3n) is 14.5. The summed E-state index contributed by atoms with van der Waals surface area (Å²) in [4.78, 5) is 5.25. The maximum absolute atomic E-state index is 2.62. The molecule has 0 spiro atoms. The first-order valence-electron chi connectivity index (χ1n) is 20.8. The van der Waals surface area contributed by atoms with Crippen molar-refractivity contribution in [2.75, 3.05) is 9.80 Å². The maximum atomic E-state index is 2.62. The smallest absolute Gasteiger partial charge is 0.252 e. The predicted octanol–water partition coefficient (Wildman–Crippen LogP) is 11.9. The number of nitrogens with zero attached hydrogens (tertiary/aromatic N) is 2. The van der Waals surface area contributed by atoms with Gasteiger partial charge in [0, 0.05) is 39.5 Å². The minimum atomic E-state index is -0.151. The van der Waals surface area contributed by atoms with Crippen LogP contribution in [0.4, 0.5) is 34.1 Å². The first-order chi connectivity index (χ1) is 28.3. The first kappa shape index (κ1) is 32.5. The van der Waals surface area contributed by atoms with E-state index in [1.54, 1.807) is 0 Å². The number of benzene rings is 8. The molecule has 2 nitrogen and oxygen atoms in total. The highest BCUT2D eigenvalue weighted by atomic mass is 15.2. The van der Waals surface area contributed by atoms with Gasteiger partial charge in [0.2, 0.25) is 0 Å². The van der Waals surface area contributed by atoms with E-state index in [-0.39, 0.29) is 23.5 Å². The summed E-state index contributed by atoms with van der Waals surface area (Å²) < 4.78 is 0. The fourth-order valence-electron chi connectivity index (χ4n) is 11.8. The van der Waals surface area contributed by atoms with E-state index in [2.05, 4.69) is 207 Å². The Morgan fingerprint density at radius 3 is 1.38 bits per heavy atom. The van der Waals surface area contributed by atoms with Crippen LogP contribution in [0.3, 0.4) is 0 Å². The lowest BCUT2D eigenvalue weighted by atomic mass is 9.32. The van der Waals surface area contributed by atoms with Crippen LogP contribution in [-0.4, -0.2) is 6.71 Å². The van der Waals surface area contributed by atoms with E-state index in [1.807, 2.05) is 0 Å². The van der Waals surface area contributed by atoms with Gasteiger partial charge in [0.25, 0.3) is 6.71 Å². The summed E-state index contributed by atoms with van der Waals surface area (Å²) >= 11 is 0. The van der Waals surface area contributed by atoms with Gasteiger partial charge in [-0.3, -0.25) is 0 Å². The zero-order valence-corrected chi connectivity index (χ0v) is 33.2. The minimum Gasteiger partial charge on any atom is -0.311 e. The van der Waals surface area contributed by atoms with Gasteiger partial charge < -0.3 is 9.80 Å². The molecule has 0 N–H and O–H groups in total. The summed E-state index contributed by atoms with van der Waals surface area (Å²) in [5.74, 6) is 0.221. The quantitative estimate of drug-likeness (QED) is 0.163. The summed E-state index contributed by atoms with van der Waals surface area (Å²) in [6.45, 7) is 9.73. The van der Waals surface area contributed by atoms with Gasteiger partial charge in [-0.05, 0) is 102 Å². The topological polar surface area (TPSA) is 6.48 Å². The Morgan fingerprint density at radius 2 is 0.862 bits per heavy atom. The highest BCUT2D eigenvalue weighted by molar-refractivity contribution is 7.00. The van der Waals surface area contributed by atoms with Gasteiger partial charge in [0.15, 0.2) is 0 Å². The molecule has 0 saturated carbocycles. The van der Waals surface area contributed by atoms with E-state index in [9.17, 15) is 0 Å². The third kappa shape index (κ3) is 3.94. The molecule has 58 heavy (non-hydrogen) atoms. The summed E-state index contributed by atoms with van der Waals surface area (Å²) in [5, 5.41) is 0. The molecule has 3 heteroatoms. The molecule has 0 fully saturated rings. The van der Waals surface area contributed by atoms with Gasteiger partial charge in [-0.25, -0.2) is 0 Å². The number of para-hydroxylation sites is 4. The van der Waals surface area contributed by atoms with Crippen molar-refractivity contribution in [3.8, 4) is 22.3 Å². The average Bonchev–Trinajstić information content (AvgIpc) is 3.59. The molecule has 0 aromatic heterocycles. The molecule has 8 aromatic carbocycles. The van der Waals surface area contributed by atoms with E-state index < -0.39 is 0 Å². The molecule has 8 aromatic rings. The van der Waals surface area contributed by atoms with Crippen molar-refractivity contribution in [2.24, 2.45) is 0 Å². The third-order valence-corrected chi connectivity index (χ3v) is 14.5. The average molecular weight is 741 g/mol. The molecular formula is C55H41BN2. The molecule has 4 heterocycles. The van der Waals surface area contributed by atoms with E-state index in [1.165, 1.54) is 112 Å². The van der Waals surface area contributed by atoms with Gasteiger partial charge in [-0.15, -0.1) is 0 Å². The van der Waals surface area contributed by atoms with E-state index in [0.717, 1.165) is 0 Å². The van der Waals surface area contributed by atoms with E-state index in [0.29, 0.717) is 0 Å². The Morgan fingerprint density at radius 1 is 0.414 bits per heavy atom. The first-order valence-corrected chi connectivity index (χ1v) is 20.8. The molecule has 0 amide bonds. The monoisotopic (exact) mass is 740 g/mol. The van der Waals surface area contributed by atoms with Gasteiger partial charge in [0.1, 0.15) is 0 Å². The van der Waals surface area contributed by atoms with Crippen LogP contribution in [-0.2, 0) is 10.8 Å². The van der Waals surface area contributed by atoms with Crippen molar-refractivity contribution in [2.45, 2.75) is 44.4 Å². The zero-order chi connectivity index (χ0) is 38.7. The van der Waals surface area contributed by atoms with Crippen LogP contribution in [0, 0.1) is 0 Å². The second kappa shape index (κ2) is 11.1. The maximum Gasteiger partial charge on any atom is 0.252 e. The number of fused-ring (bicyclic) bond motifs is 11. The number of hydrogen-bond donors (Lipinski definition) is 0. The lowest BCUT2D eigenvalue weighted by Crippen LogP contribution is -2.63. The van der Waals surface area contributed by atoms with Crippen LogP contribution < -0.4 is 26.2 Å². The second-order valence-corrected chi connectivity index (χ2v) is 18.0.